The highest BCUT2D eigenvalue weighted by molar-refractivity contribution is 7.25. The molecule has 0 amide bonds. The van der Waals surface area contributed by atoms with E-state index in [1.807, 2.05) is 11.3 Å². The van der Waals surface area contributed by atoms with Crippen LogP contribution in [0.2, 0.25) is 0 Å². The number of rotatable bonds is 5. The van der Waals surface area contributed by atoms with E-state index in [1.165, 1.54) is 92.5 Å². The summed E-state index contributed by atoms with van der Waals surface area (Å²) >= 11 is 1.86. The zero-order valence-corrected chi connectivity index (χ0v) is 43.0. The van der Waals surface area contributed by atoms with Crippen molar-refractivity contribution in [2.24, 2.45) is 0 Å². The van der Waals surface area contributed by atoms with Crippen molar-refractivity contribution in [3.8, 4) is 67.5 Å². The number of thiophene rings is 1. The lowest BCUT2D eigenvalue weighted by Gasteiger charge is -2.39. The molecule has 0 saturated heterocycles. The van der Waals surface area contributed by atoms with Crippen LogP contribution in [0.25, 0.3) is 64.7 Å². The van der Waals surface area contributed by atoms with Crippen molar-refractivity contribution in [3.05, 3.63) is 317 Å². The number of fused-ring (bicyclic) bond motifs is 21. The first-order chi connectivity index (χ1) is 38.7. The fourth-order valence-corrected chi connectivity index (χ4v) is 15.2. The molecule has 3 nitrogen and oxygen atoms in total. The number of hydrogen-bond acceptors (Lipinski definition) is 4. The Kier molecular flexibility index (Phi) is 9.14. The van der Waals surface area contributed by atoms with Crippen molar-refractivity contribution in [3.63, 3.8) is 0 Å². The molecule has 364 valence electrons. The molecule has 0 saturated carbocycles. The van der Waals surface area contributed by atoms with Crippen LogP contribution in [0, 0.1) is 0 Å². The molecule has 78 heavy (non-hydrogen) atoms. The van der Waals surface area contributed by atoms with Gasteiger partial charge in [-0.3, -0.25) is 0 Å². The van der Waals surface area contributed by atoms with Crippen molar-refractivity contribution in [1.29, 1.82) is 0 Å². The van der Waals surface area contributed by atoms with Crippen LogP contribution in [-0.4, -0.2) is 0 Å². The molecule has 13 aromatic rings. The average molecular weight is 1010 g/mol. The highest BCUT2D eigenvalue weighted by Gasteiger charge is 2.52. The topological polar surface area (TPSA) is 21.7 Å². The molecule has 0 atom stereocenters. The number of para-hydroxylation sites is 4. The monoisotopic (exact) mass is 1010 g/mol. The highest BCUT2D eigenvalue weighted by atomic mass is 32.1. The predicted molar refractivity (Wildman–Crippen MR) is 320 cm³/mol. The fraction of sp³-hybridized carbons (Fsp3) is 0.0270. The third kappa shape index (κ3) is 5.87. The minimum atomic E-state index is -0.603. The Morgan fingerprint density at radius 1 is 0.269 bits per heavy atom. The lowest BCUT2D eigenvalue weighted by Crippen LogP contribution is -2.32. The summed E-state index contributed by atoms with van der Waals surface area (Å²) in [4.78, 5) is 2.44. The van der Waals surface area contributed by atoms with Gasteiger partial charge < -0.3 is 14.4 Å². The normalized spacial score (nSPS) is 14.1. The van der Waals surface area contributed by atoms with Crippen LogP contribution >= 0.6 is 11.3 Å². The zero-order valence-electron chi connectivity index (χ0n) is 42.2. The van der Waals surface area contributed by atoms with E-state index < -0.39 is 10.8 Å². The lowest BCUT2D eigenvalue weighted by molar-refractivity contribution is 0.436. The van der Waals surface area contributed by atoms with Crippen molar-refractivity contribution in [2.45, 2.75) is 10.8 Å². The van der Waals surface area contributed by atoms with Gasteiger partial charge in [0.15, 0.2) is 0 Å². The van der Waals surface area contributed by atoms with Gasteiger partial charge in [-0.05, 0) is 146 Å². The zero-order chi connectivity index (χ0) is 51.1. The van der Waals surface area contributed by atoms with E-state index in [2.05, 4.69) is 278 Å². The van der Waals surface area contributed by atoms with Gasteiger partial charge >= 0.3 is 0 Å². The Hall–Kier alpha value is -9.74. The molecule has 0 N–H and O–H groups in total. The van der Waals surface area contributed by atoms with E-state index in [0.29, 0.717) is 0 Å². The van der Waals surface area contributed by atoms with Crippen molar-refractivity contribution in [2.75, 3.05) is 4.90 Å². The van der Waals surface area contributed by atoms with Crippen molar-refractivity contribution >= 4 is 48.6 Å². The third-order valence-electron chi connectivity index (χ3n) is 17.2. The first-order valence-electron chi connectivity index (χ1n) is 26.8. The summed E-state index contributed by atoms with van der Waals surface area (Å²) in [5, 5.41) is 2.61. The third-order valence-corrected chi connectivity index (χ3v) is 18.4. The summed E-state index contributed by atoms with van der Waals surface area (Å²) < 4.78 is 16.0. The van der Waals surface area contributed by atoms with Gasteiger partial charge in [0.2, 0.25) is 0 Å². The molecule has 2 spiro atoms. The molecule has 17 rings (SSSR count). The van der Waals surface area contributed by atoms with E-state index in [1.54, 1.807) is 0 Å². The fourth-order valence-electron chi connectivity index (χ4n) is 14.1. The lowest BCUT2D eigenvalue weighted by atomic mass is 9.66. The largest absolute Gasteiger partial charge is 0.457 e. The van der Waals surface area contributed by atoms with E-state index in [4.69, 9.17) is 9.47 Å². The molecule has 0 fully saturated rings. The Morgan fingerprint density at radius 2 is 0.692 bits per heavy atom. The Balaban J connectivity index is 0.830. The highest BCUT2D eigenvalue weighted by Crippen LogP contribution is 2.64. The second-order valence-electron chi connectivity index (χ2n) is 21.0. The van der Waals surface area contributed by atoms with Crippen LogP contribution < -0.4 is 14.4 Å². The Bertz CT molecular complexity index is 4550. The molecule has 2 aliphatic carbocycles. The standard InChI is InChI=1S/C74H45NO2S/c1-4-20-58-53(16-1)55-42-41-51(45-65(55)74(58)63-24-8-12-28-68(63)77-69-29-13-9-25-64(69)74)75(50-39-34-47(35-40-50)52-19-15-31-71-72(52)56-18-3-14-30-70(56)78-71)49-37-32-46(33-38-49)48-36-43-60-57(44-48)54-17-2-5-21-59(54)73(60)61-22-6-10-26-66(61)76-67-27-11-7-23-62(67)73/h1-45H. The number of ether oxygens (including phenoxy) is 2. The molecule has 4 heteroatoms. The summed E-state index contributed by atoms with van der Waals surface area (Å²) in [6.07, 6.45) is 0. The molecular formula is C74H45NO2S. The van der Waals surface area contributed by atoms with Crippen LogP contribution in [0.4, 0.5) is 17.1 Å². The van der Waals surface area contributed by atoms with Crippen molar-refractivity contribution < 1.29 is 9.47 Å². The molecule has 3 heterocycles. The van der Waals surface area contributed by atoms with E-state index in [-0.39, 0.29) is 0 Å². The van der Waals surface area contributed by atoms with Gasteiger partial charge in [0, 0.05) is 59.5 Å². The minimum Gasteiger partial charge on any atom is -0.457 e. The molecule has 0 radical (unpaired) electrons. The first-order valence-corrected chi connectivity index (χ1v) is 27.6. The minimum absolute atomic E-state index is 0.509. The Morgan fingerprint density at radius 3 is 1.29 bits per heavy atom. The second kappa shape index (κ2) is 16.4. The maximum Gasteiger partial charge on any atom is 0.132 e. The number of hydrogen-bond donors (Lipinski definition) is 0. The van der Waals surface area contributed by atoms with Gasteiger partial charge in [0.1, 0.15) is 23.0 Å². The average Bonchev–Trinajstić information content (AvgIpc) is 4.07. The summed E-state index contributed by atoms with van der Waals surface area (Å²) in [6.45, 7) is 0. The molecule has 1 aromatic heterocycles. The van der Waals surface area contributed by atoms with Gasteiger partial charge in [-0.1, -0.05) is 194 Å². The van der Waals surface area contributed by atoms with Crippen LogP contribution in [0.3, 0.4) is 0 Å². The first kappa shape index (κ1) is 43.5. The second-order valence-corrected chi connectivity index (χ2v) is 22.1. The van der Waals surface area contributed by atoms with Gasteiger partial charge in [-0.15, -0.1) is 11.3 Å². The molecular weight excluding hydrogens is 967 g/mol. The summed E-state index contributed by atoms with van der Waals surface area (Å²) in [7, 11) is 0. The smallest absolute Gasteiger partial charge is 0.132 e. The molecule has 12 aromatic carbocycles. The molecule has 0 bridgehead atoms. The van der Waals surface area contributed by atoms with Gasteiger partial charge in [0.05, 0.1) is 10.8 Å². The molecule has 2 aliphatic heterocycles. The maximum atomic E-state index is 6.74. The van der Waals surface area contributed by atoms with E-state index in [0.717, 1.165) is 56.8 Å². The molecule has 0 unspecified atom stereocenters. The van der Waals surface area contributed by atoms with Crippen molar-refractivity contribution in [1.82, 2.24) is 0 Å². The predicted octanol–water partition coefficient (Wildman–Crippen LogP) is 19.8. The maximum absolute atomic E-state index is 6.74. The number of benzene rings is 12. The van der Waals surface area contributed by atoms with Crippen LogP contribution in [0.5, 0.6) is 23.0 Å². The number of anilines is 3. The Labute approximate surface area is 456 Å². The van der Waals surface area contributed by atoms with Gasteiger partial charge in [-0.2, -0.15) is 0 Å². The quantitative estimate of drug-likeness (QED) is 0.171. The van der Waals surface area contributed by atoms with Gasteiger partial charge in [-0.25, -0.2) is 0 Å². The summed E-state index contributed by atoms with van der Waals surface area (Å²) in [5.74, 6) is 3.56. The number of nitrogens with zero attached hydrogens (tertiary/aromatic N) is 1. The summed E-state index contributed by atoms with van der Waals surface area (Å²) in [5.41, 5.74) is 21.5. The van der Waals surface area contributed by atoms with Crippen LogP contribution in [-0.2, 0) is 10.8 Å². The van der Waals surface area contributed by atoms with Gasteiger partial charge in [0.25, 0.3) is 0 Å². The van der Waals surface area contributed by atoms with E-state index in [9.17, 15) is 0 Å². The SMILES string of the molecule is c1ccc2c(c1)Oc1ccccc1C21c2ccccc2-c2cc(-c3ccc(N(c4ccc(-c5cccc6sc7ccccc7c56)cc4)c4ccc5c(c4)C4(c6ccccc6Oc6ccccc64)c4ccccc4-5)cc3)ccc21. The summed E-state index contributed by atoms with van der Waals surface area (Å²) in [6, 6.07) is 100. The van der Waals surface area contributed by atoms with E-state index >= 15 is 0 Å². The molecule has 4 aliphatic rings. The van der Waals surface area contributed by atoms with Crippen LogP contribution in [0.15, 0.2) is 273 Å². The van der Waals surface area contributed by atoms with Crippen LogP contribution in [0.1, 0.15) is 44.5 Å².